The molecule has 41 heavy (non-hydrogen) atoms. The minimum absolute atomic E-state index is 0.0443. The Morgan fingerprint density at radius 3 is 1.51 bits per heavy atom. The summed E-state index contributed by atoms with van der Waals surface area (Å²) in [5.74, 6) is 0. The third kappa shape index (κ3) is 6.84. The Kier molecular flexibility index (Phi) is 10.6. The smallest absolute Gasteiger partial charge is 0.261 e. The van der Waals surface area contributed by atoms with Crippen LogP contribution in [0.25, 0.3) is 0 Å². The van der Waals surface area contributed by atoms with Crippen LogP contribution in [0.5, 0.6) is 0 Å². The number of hydrogen-bond donors (Lipinski definition) is 1. The molecule has 0 saturated heterocycles. The summed E-state index contributed by atoms with van der Waals surface area (Å²) >= 11 is 0. The SMILES string of the molecule is C[C@@H]([C@@H](O)CCCCCO[Si](c1ccccc1)(c1ccccc1)C(C)(C)C)P(=O)(c1ccccc1)c1ccccc1. The van der Waals surface area contributed by atoms with E-state index in [0.717, 1.165) is 29.9 Å². The van der Waals surface area contributed by atoms with Crippen molar-refractivity contribution < 1.29 is 14.1 Å². The van der Waals surface area contributed by atoms with Crippen molar-refractivity contribution in [1.29, 1.82) is 0 Å². The van der Waals surface area contributed by atoms with Crippen LogP contribution in [0.2, 0.25) is 5.04 Å². The van der Waals surface area contributed by atoms with Crippen molar-refractivity contribution in [3.8, 4) is 0 Å². The maximum Gasteiger partial charge on any atom is 0.261 e. The van der Waals surface area contributed by atoms with E-state index in [4.69, 9.17) is 4.43 Å². The van der Waals surface area contributed by atoms with Crippen LogP contribution in [0.15, 0.2) is 121 Å². The van der Waals surface area contributed by atoms with Gasteiger partial charge in [0.15, 0.2) is 0 Å². The first kappa shape index (κ1) is 31.2. The van der Waals surface area contributed by atoms with Gasteiger partial charge >= 0.3 is 0 Å². The maximum atomic E-state index is 14.6. The molecular formula is C36H45O3PSi. The molecular weight excluding hydrogens is 539 g/mol. The standard InChI is InChI=1S/C36H45O3PSi/c1-30(40(38,31-20-10-5-11-21-31)32-22-12-6-13-23-32)35(37)28-18-9-19-29-39-41(36(2,3)4,33-24-14-7-15-25-33)34-26-16-8-17-27-34/h5-8,10-17,20-27,30,35,37H,9,18-19,28-29H2,1-4H3/t30-,35-/m0/s1. The average molecular weight is 585 g/mol. The fraction of sp³-hybridized carbons (Fsp3) is 0.333. The number of aliphatic hydroxyl groups excluding tert-OH is 1. The molecule has 0 aliphatic carbocycles. The fourth-order valence-electron chi connectivity index (χ4n) is 6.02. The van der Waals surface area contributed by atoms with E-state index in [1.807, 2.05) is 67.6 Å². The number of rotatable bonds is 13. The third-order valence-electron chi connectivity index (χ3n) is 8.29. The van der Waals surface area contributed by atoms with Crippen LogP contribution in [0.1, 0.15) is 53.4 Å². The van der Waals surface area contributed by atoms with Gasteiger partial charge in [0.05, 0.1) is 6.10 Å². The Bertz CT molecular complexity index is 1290. The summed E-state index contributed by atoms with van der Waals surface area (Å²) in [6.45, 7) is 9.52. The molecule has 216 valence electrons. The highest BCUT2D eigenvalue weighted by molar-refractivity contribution is 7.79. The van der Waals surface area contributed by atoms with E-state index < -0.39 is 21.6 Å². The van der Waals surface area contributed by atoms with Gasteiger partial charge in [-0.1, -0.05) is 162 Å². The molecule has 4 rings (SSSR count). The highest BCUT2D eigenvalue weighted by Gasteiger charge is 2.50. The predicted molar refractivity (Wildman–Crippen MR) is 177 cm³/mol. The topological polar surface area (TPSA) is 46.5 Å². The van der Waals surface area contributed by atoms with E-state index in [-0.39, 0.29) is 10.7 Å². The lowest BCUT2D eigenvalue weighted by Gasteiger charge is -2.43. The third-order valence-corrected chi connectivity index (χ3v) is 17.0. The molecule has 0 amide bonds. The largest absolute Gasteiger partial charge is 0.407 e. The number of aliphatic hydroxyl groups is 1. The first-order valence-corrected chi connectivity index (χ1v) is 18.5. The van der Waals surface area contributed by atoms with Gasteiger partial charge in [0.1, 0.15) is 7.14 Å². The first-order chi connectivity index (χ1) is 19.7. The Hall–Kier alpha value is -2.75. The van der Waals surface area contributed by atoms with Crippen LogP contribution in [0, 0.1) is 0 Å². The van der Waals surface area contributed by atoms with Crippen LogP contribution in [0.3, 0.4) is 0 Å². The minimum atomic E-state index is -3.01. The maximum absolute atomic E-state index is 14.6. The van der Waals surface area contributed by atoms with Crippen molar-refractivity contribution >= 4 is 36.4 Å². The molecule has 0 aliphatic rings. The molecule has 3 nitrogen and oxygen atoms in total. The number of unbranched alkanes of at least 4 members (excludes halogenated alkanes) is 2. The van der Waals surface area contributed by atoms with Gasteiger partial charge in [-0.25, -0.2) is 0 Å². The van der Waals surface area contributed by atoms with Crippen LogP contribution >= 0.6 is 7.14 Å². The van der Waals surface area contributed by atoms with E-state index in [1.165, 1.54) is 10.4 Å². The van der Waals surface area contributed by atoms with Crippen molar-refractivity contribution in [2.45, 2.75) is 70.2 Å². The zero-order valence-corrected chi connectivity index (χ0v) is 26.8. The lowest BCUT2D eigenvalue weighted by atomic mass is 10.1. The van der Waals surface area contributed by atoms with Crippen LogP contribution in [0.4, 0.5) is 0 Å². The molecule has 0 saturated carbocycles. The van der Waals surface area contributed by atoms with Gasteiger partial charge in [-0.2, -0.15) is 0 Å². The summed E-state index contributed by atoms with van der Waals surface area (Å²) in [6.07, 6.45) is 2.69. The monoisotopic (exact) mass is 584 g/mol. The summed E-state index contributed by atoms with van der Waals surface area (Å²) in [7, 11) is -5.55. The highest BCUT2D eigenvalue weighted by Crippen LogP contribution is 2.50. The van der Waals surface area contributed by atoms with Crippen molar-refractivity contribution in [1.82, 2.24) is 0 Å². The molecule has 0 unspecified atom stereocenters. The predicted octanol–water partition coefficient (Wildman–Crippen LogP) is 6.89. The summed E-state index contributed by atoms with van der Waals surface area (Å²) < 4.78 is 21.6. The quantitative estimate of drug-likeness (QED) is 0.106. The molecule has 0 bridgehead atoms. The molecule has 2 atom stereocenters. The first-order valence-electron chi connectivity index (χ1n) is 14.9. The summed E-state index contributed by atoms with van der Waals surface area (Å²) in [5.41, 5.74) is -0.374. The molecule has 0 radical (unpaired) electrons. The highest BCUT2D eigenvalue weighted by atomic mass is 31.2. The second kappa shape index (κ2) is 13.9. The molecule has 0 heterocycles. The van der Waals surface area contributed by atoms with Gasteiger partial charge in [-0.15, -0.1) is 0 Å². The summed E-state index contributed by atoms with van der Waals surface area (Å²) in [5, 5.41) is 15.4. The number of benzene rings is 4. The molecule has 0 fully saturated rings. The van der Waals surface area contributed by atoms with E-state index in [9.17, 15) is 9.67 Å². The zero-order chi connectivity index (χ0) is 29.3. The van der Waals surface area contributed by atoms with E-state index in [1.54, 1.807) is 0 Å². The van der Waals surface area contributed by atoms with Crippen molar-refractivity contribution in [2.75, 3.05) is 6.61 Å². The summed E-state index contributed by atoms with van der Waals surface area (Å²) in [6, 6.07) is 40.8. The molecule has 0 aromatic heterocycles. The van der Waals surface area contributed by atoms with Crippen molar-refractivity contribution in [3.05, 3.63) is 121 Å². The van der Waals surface area contributed by atoms with Gasteiger partial charge < -0.3 is 14.1 Å². The van der Waals surface area contributed by atoms with Gasteiger partial charge in [0.25, 0.3) is 8.32 Å². The van der Waals surface area contributed by atoms with Gasteiger partial charge in [0.2, 0.25) is 0 Å². The Balaban J connectivity index is 1.41. The Morgan fingerprint density at radius 2 is 1.10 bits per heavy atom. The average Bonchev–Trinajstić information content (AvgIpc) is 3.01. The van der Waals surface area contributed by atoms with E-state index in [2.05, 4.69) is 81.4 Å². The van der Waals surface area contributed by atoms with Crippen molar-refractivity contribution in [2.24, 2.45) is 0 Å². The summed E-state index contributed by atoms with van der Waals surface area (Å²) in [4.78, 5) is 0. The number of hydrogen-bond acceptors (Lipinski definition) is 3. The normalized spacial score (nSPS) is 14.0. The second-order valence-corrected chi connectivity index (χ2v) is 19.5. The second-order valence-electron chi connectivity index (χ2n) is 12.0. The van der Waals surface area contributed by atoms with Crippen LogP contribution in [-0.2, 0) is 8.99 Å². The van der Waals surface area contributed by atoms with Crippen LogP contribution < -0.4 is 21.0 Å². The molecule has 4 aromatic rings. The van der Waals surface area contributed by atoms with Crippen molar-refractivity contribution in [3.63, 3.8) is 0 Å². The Labute approximate surface area is 248 Å². The van der Waals surface area contributed by atoms with Gasteiger partial charge in [-0.3, -0.25) is 0 Å². The molecule has 4 aromatic carbocycles. The molecule has 5 heteroatoms. The molecule has 0 spiro atoms. The van der Waals surface area contributed by atoms with Crippen LogP contribution in [-0.4, -0.2) is 31.8 Å². The minimum Gasteiger partial charge on any atom is -0.407 e. The zero-order valence-electron chi connectivity index (χ0n) is 24.9. The van der Waals surface area contributed by atoms with E-state index in [0.29, 0.717) is 13.0 Å². The lowest BCUT2D eigenvalue weighted by Crippen LogP contribution is -2.66. The molecule has 0 aliphatic heterocycles. The van der Waals surface area contributed by atoms with Gasteiger partial charge in [-0.05, 0) is 28.3 Å². The molecule has 1 N–H and O–H groups in total. The van der Waals surface area contributed by atoms with Gasteiger partial charge in [0, 0.05) is 22.9 Å². The Morgan fingerprint density at radius 1 is 0.683 bits per heavy atom. The lowest BCUT2D eigenvalue weighted by molar-refractivity contribution is 0.158. The van der Waals surface area contributed by atoms with E-state index >= 15 is 0 Å². The fourth-order valence-corrected chi connectivity index (χ4v) is 13.7.